The van der Waals surface area contributed by atoms with Gasteiger partial charge in [-0.2, -0.15) is 0 Å². The van der Waals surface area contributed by atoms with Gasteiger partial charge in [-0.3, -0.25) is 0 Å². The molecule has 0 aliphatic rings. The van der Waals surface area contributed by atoms with E-state index in [1.165, 1.54) is 13.8 Å². The molecule has 0 radical (unpaired) electrons. The number of aliphatic hydroxyl groups is 2. The highest BCUT2D eigenvalue weighted by Crippen LogP contribution is 1.71. The van der Waals surface area contributed by atoms with Crippen LogP contribution < -0.4 is 0 Å². The average molecular weight is 208 g/mol. The molecule has 0 aliphatic carbocycles. The smallest absolute Gasteiger partial charge is 0.129 e. The van der Waals surface area contributed by atoms with Gasteiger partial charge in [0.15, 0.2) is 0 Å². The topological polar surface area (TPSA) is 74.6 Å². The van der Waals surface area contributed by atoms with E-state index in [4.69, 9.17) is 10.2 Å². The lowest BCUT2D eigenvalue weighted by molar-refractivity contribution is -0.117. The predicted molar refractivity (Wildman–Crippen MR) is 58.2 cm³/mol. The molecule has 0 atom stereocenters. The first-order valence-corrected chi connectivity index (χ1v) is 4.44. The van der Waals surface area contributed by atoms with Crippen LogP contribution in [-0.4, -0.2) is 35.5 Å². The Morgan fingerprint density at radius 2 is 1.07 bits per heavy atom. The van der Waals surface area contributed by atoms with E-state index in [9.17, 15) is 9.59 Å². The van der Waals surface area contributed by atoms with Gasteiger partial charge in [0.25, 0.3) is 0 Å². The molecule has 2 N–H and O–H groups in total. The molecule has 0 amide bonds. The highest BCUT2D eigenvalue weighted by Gasteiger charge is 1.76. The SMILES string of the molecule is CC(C)=O.CCC(C)=O.CCO.CO. The molecule has 0 aromatic rings. The fourth-order valence-electron chi connectivity index (χ4n) is 0. The Kier molecular flexibility index (Phi) is 49.0. The van der Waals surface area contributed by atoms with Crippen LogP contribution >= 0.6 is 0 Å². The number of carbonyl (C=O) groups excluding carboxylic acids is 2. The fourth-order valence-corrected chi connectivity index (χ4v) is 0. The zero-order valence-corrected chi connectivity index (χ0v) is 10.1. The number of aliphatic hydroxyl groups excluding tert-OH is 2. The van der Waals surface area contributed by atoms with E-state index in [0.29, 0.717) is 6.42 Å². The molecule has 0 unspecified atom stereocenters. The summed E-state index contributed by atoms with van der Waals surface area (Å²) in [5, 5.41) is 14.6. The Morgan fingerprint density at radius 1 is 1.00 bits per heavy atom. The summed E-state index contributed by atoms with van der Waals surface area (Å²) in [6.45, 7) is 8.42. The molecule has 0 saturated carbocycles. The summed E-state index contributed by atoms with van der Waals surface area (Å²) in [6.07, 6.45) is 0.667. The summed E-state index contributed by atoms with van der Waals surface area (Å²) in [5.41, 5.74) is 0. The Hall–Kier alpha value is -0.740. The molecule has 88 valence electrons. The average Bonchev–Trinajstić information content (AvgIpc) is 2.08. The number of rotatable bonds is 1. The molecule has 14 heavy (non-hydrogen) atoms. The maximum absolute atomic E-state index is 9.81. The third-order valence-corrected chi connectivity index (χ3v) is 0.498. The van der Waals surface area contributed by atoms with Crippen LogP contribution in [0.5, 0.6) is 0 Å². The molecular weight excluding hydrogens is 184 g/mol. The van der Waals surface area contributed by atoms with Crippen molar-refractivity contribution >= 4 is 11.6 Å². The third-order valence-electron chi connectivity index (χ3n) is 0.498. The van der Waals surface area contributed by atoms with Gasteiger partial charge in [-0.05, 0) is 27.7 Å². The van der Waals surface area contributed by atoms with Crippen molar-refractivity contribution in [1.82, 2.24) is 0 Å². The lowest BCUT2D eigenvalue weighted by Gasteiger charge is -1.71. The van der Waals surface area contributed by atoms with Crippen LogP contribution in [0, 0.1) is 0 Å². The molecule has 4 nitrogen and oxygen atoms in total. The monoisotopic (exact) mass is 208 g/mol. The molecule has 0 heterocycles. The molecule has 4 heteroatoms. The first kappa shape index (κ1) is 23.2. The van der Waals surface area contributed by atoms with Crippen molar-refractivity contribution < 1.29 is 19.8 Å². The second-order valence-corrected chi connectivity index (χ2v) is 2.28. The van der Waals surface area contributed by atoms with Crippen LogP contribution in [-0.2, 0) is 9.59 Å². The van der Waals surface area contributed by atoms with Gasteiger partial charge >= 0.3 is 0 Å². The number of Topliss-reactive ketones (excluding diaryl/α,β-unsaturated/α-hetero) is 2. The van der Waals surface area contributed by atoms with Crippen molar-refractivity contribution in [3.05, 3.63) is 0 Å². The zero-order valence-electron chi connectivity index (χ0n) is 10.1. The van der Waals surface area contributed by atoms with Crippen molar-refractivity contribution in [2.45, 2.75) is 41.0 Å². The number of carbonyl (C=O) groups is 2. The van der Waals surface area contributed by atoms with Gasteiger partial charge in [0.2, 0.25) is 0 Å². The molecule has 0 spiro atoms. The molecular formula is C10H24O4. The quantitative estimate of drug-likeness (QED) is 0.678. The Labute approximate surface area is 87.0 Å². The van der Waals surface area contributed by atoms with Crippen molar-refractivity contribution in [2.24, 2.45) is 0 Å². The van der Waals surface area contributed by atoms with Crippen LogP contribution in [0.15, 0.2) is 0 Å². The maximum atomic E-state index is 9.81. The van der Waals surface area contributed by atoms with Gasteiger partial charge in [-0.25, -0.2) is 0 Å². The van der Waals surface area contributed by atoms with E-state index in [1.54, 1.807) is 13.8 Å². The Morgan fingerprint density at radius 3 is 1.07 bits per heavy atom. The summed E-state index contributed by atoms with van der Waals surface area (Å²) in [7, 11) is 1.00. The molecule has 0 saturated heterocycles. The minimum Gasteiger partial charge on any atom is -0.400 e. The van der Waals surface area contributed by atoms with E-state index < -0.39 is 0 Å². The summed E-state index contributed by atoms with van der Waals surface area (Å²) >= 11 is 0. The Bertz CT molecular complexity index is 107. The third kappa shape index (κ3) is 747. The van der Waals surface area contributed by atoms with Gasteiger partial charge in [-0.15, -0.1) is 0 Å². The van der Waals surface area contributed by atoms with Gasteiger partial charge in [0.1, 0.15) is 11.6 Å². The number of hydrogen-bond donors (Lipinski definition) is 2. The highest BCUT2D eigenvalue weighted by molar-refractivity contribution is 5.74. The minimum absolute atomic E-state index is 0.167. The number of hydrogen-bond acceptors (Lipinski definition) is 4. The lowest BCUT2D eigenvalue weighted by Crippen LogP contribution is -1.80. The molecule has 0 aromatic heterocycles. The maximum Gasteiger partial charge on any atom is 0.129 e. The van der Waals surface area contributed by atoms with E-state index in [0.717, 1.165) is 7.11 Å². The van der Waals surface area contributed by atoms with E-state index in [-0.39, 0.29) is 18.2 Å². The van der Waals surface area contributed by atoms with Gasteiger partial charge in [-0.1, -0.05) is 6.92 Å². The van der Waals surface area contributed by atoms with Gasteiger partial charge in [0, 0.05) is 20.1 Å². The zero-order chi connectivity index (χ0) is 12.6. The van der Waals surface area contributed by atoms with Gasteiger partial charge in [0.05, 0.1) is 0 Å². The minimum atomic E-state index is 0.167. The van der Waals surface area contributed by atoms with Crippen LogP contribution in [0.1, 0.15) is 41.0 Å². The van der Waals surface area contributed by atoms with Crippen LogP contribution in [0.3, 0.4) is 0 Å². The van der Waals surface area contributed by atoms with Crippen LogP contribution in [0.4, 0.5) is 0 Å². The first-order valence-electron chi connectivity index (χ1n) is 4.44. The van der Waals surface area contributed by atoms with E-state index in [1.807, 2.05) is 6.92 Å². The largest absolute Gasteiger partial charge is 0.400 e. The van der Waals surface area contributed by atoms with Crippen molar-refractivity contribution in [3.63, 3.8) is 0 Å². The fraction of sp³-hybridized carbons (Fsp3) is 0.800. The second kappa shape index (κ2) is 29.5. The molecule has 0 aliphatic heterocycles. The van der Waals surface area contributed by atoms with Crippen LogP contribution in [0.25, 0.3) is 0 Å². The normalized spacial score (nSPS) is 6.29. The van der Waals surface area contributed by atoms with Crippen molar-refractivity contribution in [2.75, 3.05) is 13.7 Å². The number of ketones is 2. The van der Waals surface area contributed by atoms with Crippen molar-refractivity contribution in [1.29, 1.82) is 0 Å². The van der Waals surface area contributed by atoms with Crippen molar-refractivity contribution in [3.8, 4) is 0 Å². The van der Waals surface area contributed by atoms with E-state index >= 15 is 0 Å². The van der Waals surface area contributed by atoms with E-state index in [2.05, 4.69) is 0 Å². The molecule has 0 rings (SSSR count). The summed E-state index contributed by atoms with van der Waals surface area (Å²) < 4.78 is 0. The van der Waals surface area contributed by atoms with Gasteiger partial charge < -0.3 is 19.8 Å². The highest BCUT2D eigenvalue weighted by atomic mass is 16.2. The summed E-state index contributed by atoms with van der Waals surface area (Å²) in [6, 6.07) is 0. The standard InChI is InChI=1S/C4H8O.C3H6O.C2H6O.CH4O/c1-3-4(2)5;1-3(2)4;1-2-3;1-2/h3H2,1-2H3;1-2H3;3H,2H2,1H3;2H,1H3. The lowest BCUT2D eigenvalue weighted by atomic mass is 10.4. The Balaban J connectivity index is -0.0000000505. The molecule has 0 fully saturated rings. The summed E-state index contributed by atoms with van der Waals surface area (Å²) in [5.74, 6) is 0.421. The summed E-state index contributed by atoms with van der Waals surface area (Å²) in [4.78, 5) is 19.3. The predicted octanol–water partition coefficient (Wildman–Crippen LogP) is 1.19. The first-order chi connectivity index (χ1) is 6.42. The molecule has 0 bridgehead atoms. The molecule has 0 aromatic carbocycles. The second-order valence-electron chi connectivity index (χ2n) is 2.28. The van der Waals surface area contributed by atoms with Crippen LogP contribution in [0.2, 0.25) is 0 Å².